The highest BCUT2D eigenvalue weighted by Crippen LogP contribution is 2.27. The highest BCUT2D eigenvalue weighted by Gasteiger charge is 2.12. The molecule has 1 heterocycles. The number of benzene rings is 1. The van der Waals surface area contributed by atoms with Gasteiger partial charge in [0.2, 0.25) is 0 Å². The first-order valence-corrected chi connectivity index (χ1v) is 6.48. The topological polar surface area (TPSA) is 21.3 Å². The van der Waals surface area contributed by atoms with Crippen LogP contribution in [-0.2, 0) is 0 Å². The van der Waals surface area contributed by atoms with Gasteiger partial charge in [0.25, 0.3) is 0 Å². The zero-order chi connectivity index (χ0) is 13.8. The minimum atomic E-state index is -3.03. The van der Waals surface area contributed by atoms with E-state index >= 15 is 0 Å². The van der Waals surface area contributed by atoms with Gasteiger partial charge in [-0.2, -0.15) is 8.78 Å². The summed E-state index contributed by atoms with van der Waals surface area (Å²) in [5, 5.41) is 5.05. The molecule has 0 radical (unpaired) electrons. The van der Waals surface area contributed by atoms with Gasteiger partial charge in [-0.15, -0.1) is 11.3 Å². The van der Waals surface area contributed by atoms with Gasteiger partial charge in [0.05, 0.1) is 6.04 Å². The lowest BCUT2D eigenvalue weighted by atomic mass is 10.2. The third-order valence-electron chi connectivity index (χ3n) is 2.50. The number of thiophene rings is 1. The van der Waals surface area contributed by atoms with Crippen LogP contribution in [0.25, 0.3) is 0 Å². The maximum atomic E-state index is 13.5. The molecule has 1 atom stereocenters. The summed E-state index contributed by atoms with van der Waals surface area (Å²) in [6.45, 7) is -1.09. The van der Waals surface area contributed by atoms with E-state index in [1.54, 1.807) is 11.3 Å². The molecule has 0 aliphatic rings. The monoisotopic (exact) mass is 287 g/mol. The molecule has 102 valence electrons. The zero-order valence-corrected chi connectivity index (χ0v) is 10.9. The SMILES string of the molecule is CC(Nc1ccc(OC(F)F)c(F)c1)c1cccs1. The fourth-order valence-electron chi connectivity index (χ4n) is 1.64. The summed E-state index contributed by atoms with van der Waals surface area (Å²) in [4.78, 5) is 1.10. The Hall–Kier alpha value is -1.69. The molecule has 0 aliphatic heterocycles. The molecule has 0 saturated carbocycles. The first-order valence-electron chi connectivity index (χ1n) is 5.60. The van der Waals surface area contributed by atoms with Crippen LogP contribution in [0.1, 0.15) is 17.8 Å². The van der Waals surface area contributed by atoms with Crippen molar-refractivity contribution < 1.29 is 17.9 Å². The average molecular weight is 287 g/mol. The standard InChI is InChI=1S/C13H12F3NOS/c1-8(12-3-2-6-19-12)17-9-4-5-11(10(14)7-9)18-13(15)16/h2-8,13,17H,1H3. The van der Waals surface area contributed by atoms with Gasteiger partial charge in [-0.05, 0) is 30.5 Å². The van der Waals surface area contributed by atoms with E-state index in [1.165, 1.54) is 12.1 Å². The molecular formula is C13H12F3NOS. The molecule has 0 fully saturated rings. The summed E-state index contributed by atoms with van der Waals surface area (Å²) in [6, 6.07) is 7.74. The van der Waals surface area contributed by atoms with Crippen LogP contribution < -0.4 is 10.1 Å². The molecule has 0 aliphatic carbocycles. The summed E-state index contributed by atoms with van der Waals surface area (Å²) < 4.78 is 41.5. The molecular weight excluding hydrogens is 275 g/mol. The maximum Gasteiger partial charge on any atom is 0.387 e. The second-order valence-corrected chi connectivity index (χ2v) is 4.88. The van der Waals surface area contributed by atoms with Crippen molar-refractivity contribution in [2.24, 2.45) is 0 Å². The van der Waals surface area contributed by atoms with Crippen molar-refractivity contribution in [2.45, 2.75) is 19.6 Å². The van der Waals surface area contributed by atoms with E-state index in [0.717, 1.165) is 10.9 Å². The third-order valence-corrected chi connectivity index (χ3v) is 3.56. The molecule has 2 aromatic rings. The molecule has 19 heavy (non-hydrogen) atoms. The lowest BCUT2D eigenvalue weighted by Gasteiger charge is -2.14. The predicted octanol–water partition coefficient (Wildman–Crippen LogP) is 4.66. The fraction of sp³-hybridized carbons (Fsp3) is 0.231. The molecule has 1 N–H and O–H groups in total. The molecule has 0 amide bonds. The first-order chi connectivity index (χ1) is 9.06. The Morgan fingerprint density at radius 3 is 2.63 bits per heavy atom. The molecule has 2 rings (SSSR count). The van der Waals surface area contributed by atoms with E-state index in [0.29, 0.717) is 5.69 Å². The van der Waals surface area contributed by atoms with Gasteiger partial charge in [0.15, 0.2) is 11.6 Å². The Labute approximate surface area is 112 Å². The second-order valence-electron chi connectivity index (χ2n) is 3.91. The Kier molecular flexibility index (Phi) is 4.31. The van der Waals surface area contributed by atoms with Crippen molar-refractivity contribution in [1.82, 2.24) is 0 Å². The van der Waals surface area contributed by atoms with E-state index in [-0.39, 0.29) is 6.04 Å². The number of hydrogen-bond acceptors (Lipinski definition) is 3. The smallest absolute Gasteiger partial charge is 0.387 e. The normalized spacial score (nSPS) is 12.5. The summed E-state index contributed by atoms with van der Waals surface area (Å²) in [7, 11) is 0. The fourth-order valence-corrected chi connectivity index (χ4v) is 2.38. The van der Waals surface area contributed by atoms with E-state index in [1.807, 2.05) is 24.4 Å². The number of anilines is 1. The van der Waals surface area contributed by atoms with Crippen LogP contribution in [0.5, 0.6) is 5.75 Å². The van der Waals surface area contributed by atoms with Gasteiger partial charge >= 0.3 is 6.61 Å². The van der Waals surface area contributed by atoms with E-state index in [9.17, 15) is 13.2 Å². The third kappa shape index (κ3) is 3.64. The number of hydrogen-bond donors (Lipinski definition) is 1. The highest BCUT2D eigenvalue weighted by molar-refractivity contribution is 7.10. The van der Waals surface area contributed by atoms with Crippen LogP contribution in [0.15, 0.2) is 35.7 Å². The van der Waals surface area contributed by atoms with Crippen molar-refractivity contribution in [3.05, 3.63) is 46.4 Å². The average Bonchev–Trinajstić information content (AvgIpc) is 2.86. The maximum absolute atomic E-state index is 13.5. The Bertz CT molecular complexity index is 531. The highest BCUT2D eigenvalue weighted by atomic mass is 32.1. The summed E-state index contributed by atoms with van der Waals surface area (Å²) in [5.41, 5.74) is 0.514. The summed E-state index contributed by atoms with van der Waals surface area (Å²) >= 11 is 1.59. The Morgan fingerprint density at radius 1 is 1.26 bits per heavy atom. The minimum Gasteiger partial charge on any atom is -0.432 e. The number of nitrogens with one attached hydrogen (secondary N) is 1. The van der Waals surface area contributed by atoms with Crippen molar-refractivity contribution in [3.63, 3.8) is 0 Å². The summed E-state index contributed by atoms with van der Waals surface area (Å²) in [6.07, 6.45) is 0. The Morgan fingerprint density at radius 2 is 2.05 bits per heavy atom. The molecule has 1 aromatic carbocycles. The van der Waals surface area contributed by atoms with Crippen LogP contribution in [0.3, 0.4) is 0 Å². The quantitative estimate of drug-likeness (QED) is 0.863. The van der Waals surface area contributed by atoms with Crippen LogP contribution in [0.2, 0.25) is 0 Å². The van der Waals surface area contributed by atoms with Gasteiger partial charge in [0.1, 0.15) is 0 Å². The van der Waals surface area contributed by atoms with E-state index < -0.39 is 18.2 Å². The number of ether oxygens (including phenoxy) is 1. The zero-order valence-electron chi connectivity index (χ0n) is 10.1. The summed E-state index contributed by atoms with van der Waals surface area (Å²) in [5.74, 6) is -1.27. The minimum absolute atomic E-state index is 0.0151. The molecule has 2 nitrogen and oxygen atoms in total. The van der Waals surface area contributed by atoms with Crippen LogP contribution >= 0.6 is 11.3 Å². The van der Waals surface area contributed by atoms with Crippen molar-refractivity contribution in [2.75, 3.05) is 5.32 Å². The van der Waals surface area contributed by atoms with Gasteiger partial charge in [0, 0.05) is 16.6 Å². The Balaban J connectivity index is 2.07. The molecule has 6 heteroatoms. The van der Waals surface area contributed by atoms with Gasteiger partial charge in [-0.25, -0.2) is 4.39 Å². The first kappa shape index (κ1) is 13.7. The number of alkyl halides is 2. The van der Waals surface area contributed by atoms with Gasteiger partial charge in [-0.1, -0.05) is 6.07 Å². The van der Waals surface area contributed by atoms with E-state index in [2.05, 4.69) is 10.1 Å². The number of halogens is 3. The van der Waals surface area contributed by atoms with Crippen molar-refractivity contribution in [3.8, 4) is 5.75 Å². The predicted molar refractivity (Wildman–Crippen MR) is 69.4 cm³/mol. The lowest BCUT2D eigenvalue weighted by molar-refractivity contribution is -0.0521. The molecule has 0 saturated heterocycles. The van der Waals surface area contributed by atoms with Crippen LogP contribution in [0.4, 0.5) is 18.9 Å². The molecule has 1 unspecified atom stereocenters. The molecule has 0 bridgehead atoms. The van der Waals surface area contributed by atoms with Gasteiger partial charge < -0.3 is 10.1 Å². The molecule has 1 aromatic heterocycles. The second kappa shape index (κ2) is 5.97. The van der Waals surface area contributed by atoms with E-state index in [4.69, 9.17) is 0 Å². The number of rotatable bonds is 5. The largest absolute Gasteiger partial charge is 0.432 e. The van der Waals surface area contributed by atoms with Crippen LogP contribution in [0, 0.1) is 5.82 Å². The molecule has 0 spiro atoms. The van der Waals surface area contributed by atoms with Crippen molar-refractivity contribution in [1.29, 1.82) is 0 Å². The van der Waals surface area contributed by atoms with Crippen molar-refractivity contribution >= 4 is 17.0 Å². The van der Waals surface area contributed by atoms with Gasteiger partial charge in [-0.3, -0.25) is 0 Å². The lowest BCUT2D eigenvalue weighted by Crippen LogP contribution is -2.07. The van der Waals surface area contributed by atoms with Crippen LogP contribution in [-0.4, -0.2) is 6.61 Å².